The molecule has 2 N–H and O–H groups in total. The number of rotatable bonds is 3. The smallest absolute Gasteiger partial charge is 0.229 e. The lowest BCUT2D eigenvalue weighted by Gasteiger charge is -2.10. The maximum Gasteiger partial charge on any atom is 0.229 e. The van der Waals surface area contributed by atoms with Gasteiger partial charge < -0.3 is 15.4 Å². The van der Waals surface area contributed by atoms with Gasteiger partial charge in [0.15, 0.2) is 5.11 Å². The Kier molecular flexibility index (Phi) is 4.25. The average Bonchev–Trinajstić information content (AvgIpc) is 2.38. The van der Waals surface area contributed by atoms with Crippen molar-refractivity contribution in [2.24, 2.45) is 0 Å². The first-order valence-corrected chi connectivity index (χ1v) is 6.10. The predicted octanol–water partition coefficient (Wildman–Crippen LogP) is 2.60. The van der Waals surface area contributed by atoms with E-state index in [1.807, 2.05) is 37.3 Å². The van der Waals surface area contributed by atoms with Crippen molar-refractivity contribution >= 4 is 29.0 Å². The van der Waals surface area contributed by atoms with Crippen molar-refractivity contribution in [1.82, 2.24) is 9.97 Å². The molecule has 1 heterocycles. The van der Waals surface area contributed by atoms with Gasteiger partial charge in [0.1, 0.15) is 5.75 Å². The summed E-state index contributed by atoms with van der Waals surface area (Å²) in [5, 5.41) is 6.40. The van der Waals surface area contributed by atoms with Gasteiger partial charge in [-0.25, -0.2) is 9.97 Å². The standard InChI is InChI=1S/C13H14N4OS/c1-9-6-7-14-12(15-9)17-13(19)16-10-4-3-5-11(8-10)18-2/h3-8H,1-2H3,(H2,14,15,16,17,19). The Hall–Kier alpha value is -2.21. The lowest BCUT2D eigenvalue weighted by atomic mass is 10.3. The number of benzene rings is 1. The topological polar surface area (TPSA) is 59.1 Å². The van der Waals surface area contributed by atoms with E-state index < -0.39 is 0 Å². The van der Waals surface area contributed by atoms with E-state index in [-0.39, 0.29) is 0 Å². The Morgan fingerprint density at radius 1 is 1.26 bits per heavy atom. The summed E-state index contributed by atoms with van der Waals surface area (Å²) in [5.74, 6) is 1.24. The van der Waals surface area contributed by atoms with Crippen LogP contribution in [0, 0.1) is 6.92 Å². The quantitative estimate of drug-likeness (QED) is 0.839. The molecule has 1 aromatic carbocycles. The summed E-state index contributed by atoms with van der Waals surface area (Å²) in [6.45, 7) is 1.89. The Morgan fingerprint density at radius 2 is 2.11 bits per heavy atom. The summed E-state index contributed by atoms with van der Waals surface area (Å²) in [4.78, 5) is 8.29. The molecule has 2 rings (SSSR count). The van der Waals surface area contributed by atoms with Crippen LogP contribution in [0.15, 0.2) is 36.5 Å². The number of hydrogen-bond donors (Lipinski definition) is 2. The molecule has 0 unspecified atom stereocenters. The van der Waals surface area contributed by atoms with Gasteiger partial charge in [-0.15, -0.1) is 0 Å². The van der Waals surface area contributed by atoms with Crippen LogP contribution in [0.25, 0.3) is 0 Å². The second-order valence-corrected chi connectivity index (χ2v) is 4.24. The fourth-order valence-electron chi connectivity index (χ4n) is 1.47. The molecule has 0 spiro atoms. The van der Waals surface area contributed by atoms with E-state index in [0.717, 1.165) is 17.1 Å². The van der Waals surface area contributed by atoms with Crippen molar-refractivity contribution in [2.75, 3.05) is 17.7 Å². The molecule has 0 bridgehead atoms. The highest BCUT2D eigenvalue weighted by molar-refractivity contribution is 7.80. The van der Waals surface area contributed by atoms with Gasteiger partial charge in [0.2, 0.25) is 5.95 Å². The van der Waals surface area contributed by atoms with E-state index in [4.69, 9.17) is 17.0 Å². The van der Waals surface area contributed by atoms with Crippen LogP contribution in [0.2, 0.25) is 0 Å². The van der Waals surface area contributed by atoms with Gasteiger partial charge in [-0.05, 0) is 37.3 Å². The summed E-state index contributed by atoms with van der Waals surface area (Å²) >= 11 is 5.20. The van der Waals surface area contributed by atoms with Crippen LogP contribution in [0.5, 0.6) is 5.75 Å². The second-order valence-electron chi connectivity index (χ2n) is 3.83. The molecular weight excluding hydrogens is 260 g/mol. The van der Waals surface area contributed by atoms with E-state index in [1.165, 1.54) is 0 Å². The Balaban J connectivity index is 2.01. The molecule has 0 amide bonds. The molecule has 2 aromatic rings. The molecule has 98 valence electrons. The average molecular weight is 274 g/mol. The minimum Gasteiger partial charge on any atom is -0.497 e. The van der Waals surface area contributed by atoms with Crippen LogP contribution in [0.1, 0.15) is 5.69 Å². The zero-order valence-electron chi connectivity index (χ0n) is 10.7. The third kappa shape index (κ3) is 3.89. The number of anilines is 2. The van der Waals surface area contributed by atoms with Gasteiger partial charge in [-0.1, -0.05) is 6.07 Å². The van der Waals surface area contributed by atoms with E-state index in [1.54, 1.807) is 13.3 Å². The molecule has 1 aromatic heterocycles. The van der Waals surface area contributed by atoms with E-state index >= 15 is 0 Å². The van der Waals surface area contributed by atoms with Gasteiger partial charge in [-0.2, -0.15) is 0 Å². The molecule has 0 saturated carbocycles. The monoisotopic (exact) mass is 274 g/mol. The maximum absolute atomic E-state index is 5.20. The summed E-state index contributed by atoms with van der Waals surface area (Å²) in [6.07, 6.45) is 1.68. The summed E-state index contributed by atoms with van der Waals surface area (Å²) < 4.78 is 5.14. The zero-order valence-corrected chi connectivity index (χ0v) is 11.5. The molecule has 5 nitrogen and oxygen atoms in total. The predicted molar refractivity (Wildman–Crippen MR) is 79.6 cm³/mol. The first-order chi connectivity index (χ1) is 9.17. The highest BCUT2D eigenvalue weighted by atomic mass is 32.1. The lowest BCUT2D eigenvalue weighted by Crippen LogP contribution is -2.20. The molecule has 0 radical (unpaired) electrons. The van der Waals surface area contributed by atoms with Crippen LogP contribution in [-0.4, -0.2) is 22.2 Å². The van der Waals surface area contributed by atoms with E-state index in [2.05, 4.69) is 20.6 Å². The van der Waals surface area contributed by atoms with Crippen LogP contribution >= 0.6 is 12.2 Å². The molecule has 0 aliphatic carbocycles. The molecule has 0 saturated heterocycles. The molecular formula is C13H14N4OS. The Bertz CT molecular complexity index is 588. The van der Waals surface area contributed by atoms with Crippen molar-refractivity contribution in [2.45, 2.75) is 6.92 Å². The molecule has 6 heteroatoms. The number of ether oxygens (including phenoxy) is 1. The SMILES string of the molecule is COc1cccc(NC(=S)Nc2nccc(C)n2)c1. The first kappa shape index (κ1) is 13.2. The van der Waals surface area contributed by atoms with Gasteiger partial charge >= 0.3 is 0 Å². The maximum atomic E-state index is 5.20. The Morgan fingerprint density at radius 3 is 2.84 bits per heavy atom. The second kappa shape index (κ2) is 6.10. The van der Waals surface area contributed by atoms with Crippen molar-refractivity contribution in [3.8, 4) is 5.75 Å². The van der Waals surface area contributed by atoms with Gasteiger partial charge in [0, 0.05) is 23.6 Å². The number of nitrogens with zero attached hydrogens (tertiary/aromatic N) is 2. The van der Waals surface area contributed by atoms with Crippen molar-refractivity contribution in [1.29, 1.82) is 0 Å². The summed E-state index contributed by atoms with van der Waals surface area (Å²) in [7, 11) is 1.62. The number of nitrogens with one attached hydrogen (secondary N) is 2. The molecule has 0 fully saturated rings. The van der Waals surface area contributed by atoms with E-state index in [9.17, 15) is 0 Å². The number of methoxy groups -OCH3 is 1. The molecule has 0 atom stereocenters. The summed E-state index contributed by atoms with van der Waals surface area (Å²) in [5.41, 5.74) is 1.71. The van der Waals surface area contributed by atoms with Crippen molar-refractivity contribution < 1.29 is 4.74 Å². The largest absolute Gasteiger partial charge is 0.497 e. The zero-order chi connectivity index (χ0) is 13.7. The molecule has 0 aliphatic heterocycles. The van der Waals surface area contributed by atoms with Gasteiger partial charge in [0.05, 0.1) is 7.11 Å². The van der Waals surface area contributed by atoms with Gasteiger partial charge in [0.25, 0.3) is 0 Å². The number of aromatic nitrogens is 2. The third-order valence-corrected chi connectivity index (χ3v) is 2.55. The van der Waals surface area contributed by atoms with Crippen LogP contribution in [-0.2, 0) is 0 Å². The van der Waals surface area contributed by atoms with Crippen LogP contribution < -0.4 is 15.4 Å². The van der Waals surface area contributed by atoms with Crippen LogP contribution in [0.4, 0.5) is 11.6 Å². The third-order valence-electron chi connectivity index (χ3n) is 2.35. The summed E-state index contributed by atoms with van der Waals surface area (Å²) in [6, 6.07) is 9.32. The normalized spacial score (nSPS) is 9.79. The fourth-order valence-corrected chi connectivity index (χ4v) is 1.68. The first-order valence-electron chi connectivity index (χ1n) is 5.69. The number of hydrogen-bond acceptors (Lipinski definition) is 4. The number of thiocarbonyl (C=S) groups is 1. The lowest BCUT2D eigenvalue weighted by molar-refractivity contribution is 0.415. The number of aryl methyl sites for hydroxylation is 1. The van der Waals surface area contributed by atoms with E-state index in [0.29, 0.717) is 11.1 Å². The fraction of sp³-hybridized carbons (Fsp3) is 0.154. The van der Waals surface area contributed by atoms with Gasteiger partial charge in [-0.3, -0.25) is 0 Å². The van der Waals surface area contributed by atoms with Crippen LogP contribution in [0.3, 0.4) is 0 Å². The minimum absolute atomic E-state index is 0.429. The highest BCUT2D eigenvalue weighted by Crippen LogP contribution is 2.16. The molecule has 0 aliphatic rings. The highest BCUT2D eigenvalue weighted by Gasteiger charge is 2.02. The van der Waals surface area contributed by atoms with Crippen molar-refractivity contribution in [3.05, 3.63) is 42.2 Å². The van der Waals surface area contributed by atoms with Crippen molar-refractivity contribution in [3.63, 3.8) is 0 Å². The minimum atomic E-state index is 0.429. The Labute approximate surface area is 117 Å². The molecule has 19 heavy (non-hydrogen) atoms.